The summed E-state index contributed by atoms with van der Waals surface area (Å²) in [6.45, 7) is 0. The Labute approximate surface area is 160 Å². The molecule has 28 heavy (non-hydrogen) atoms. The lowest BCUT2D eigenvalue weighted by molar-refractivity contribution is -0.137. The Balaban J connectivity index is 2.46. The number of hydrazone groups is 1. The molecule has 0 bridgehead atoms. The van der Waals surface area contributed by atoms with E-state index in [0.717, 1.165) is 23.5 Å². The molecule has 146 valence electrons. The summed E-state index contributed by atoms with van der Waals surface area (Å²) < 4.78 is 49.2. The van der Waals surface area contributed by atoms with Crippen LogP contribution in [-0.2, 0) is 10.9 Å². The van der Waals surface area contributed by atoms with E-state index in [-0.39, 0.29) is 22.1 Å². The van der Waals surface area contributed by atoms with Gasteiger partial charge in [-0.05, 0) is 29.6 Å². The fourth-order valence-corrected chi connectivity index (χ4v) is 2.62. The van der Waals surface area contributed by atoms with Gasteiger partial charge in [0.15, 0.2) is 22.2 Å². The number of nitrogens with zero attached hydrogens (tertiary/aromatic N) is 2. The van der Waals surface area contributed by atoms with Gasteiger partial charge in [-0.15, -0.1) is 11.3 Å². The monoisotopic (exact) mass is 411 g/mol. The molecule has 1 heterocycles. The average Bonchev–Trinajstić information content (AvgIpc) is 3.09. The van der Waals surface area contributed by atoms with Gasteiger partial charge in [0.1, 0.15) is 6.07 Å². The maximum Gasteiger partial charge on any atom is 0.416 e. The largest absolute Gasteiger partial charge is 0.465 e. The number of anilines is 1. The number of rotatable bonds is 6. The summed E-state index contributed by atoms with van der Waals surface area (Å²) >= 11 is 1.03. The minimum Gasteiger partial charge on any atom is -0.465 e. The van der Waals surface area contributed by atoms with Crippen molar-refractivity contribution >= 4 is 34.5 Å². The van der Waals surface area contributed by atoms with Crippen LogP contribution in [-0.4, -0.2) is 24.6 Å². The van der Waals surface area contributed by atoms with E-state index in [0.29, 0.717) is 6.07 Å². The quantitative estimate of drug-likeness (QED) is 0.288. The molecule has 2 aromatic rings. The van der Waals surface area contributed by atoms with Crippen molar-refractivity contribution in [1.29, 1.82) is 10.7 Å². The van der Waals surface area contributed by atoms with Crippen LogP contribution in [0, 0.1) is 16.7 Å². The second-order valence-corrected chi connectivity index (χ2v) is 5.93. The van der Waals surface area contributed by atoms with Gasteiger partial charge in [-0.3, -0.25) is 10.8 Å². The number of nitriles is 1. The highest BCUT2D eigenvalue weighted by Crippen LogP contribution is 2.38. The molecule has 2 rings (SSSR count). The van der Waals surface area contributed by atoms with Gasteiger partial charge in [-0.25, -0.2) is 4.79 Å². The van der Waals surface area contributed by atoms with Crippen LogP contribution in [0.3, 0.4) is 0 Å². The molecular weight excluding hydrogens is 399 g/mol. The van der Waals surface area contributed by atoms with Gasteiger partial charge in [0, 0.05) is 0 Å². The number of esters is 1. The van der Waals surface area contributed by atoms with E-state index in [1.54, 1.807) is 5.38 Å². The summed E-state index contributed by atoms with van der Waals surface area (Å²) in [4.78, 5) is 11.8. The number of carbonyl (C=O) groups is 1. The Morgan fingerprint density at radius 2 is 2.07 bits per heavy atom. The third kappa shape index (κ3) is 4.77. The number of ether oxygens (including phenoxy) is 2. The Morgan fingerprint density at radius 1 is 1.36 bits per heavy atom. The number of thiophene rings is 1. The Kier molecular flexibility index (Phi) is 6.22. The Hall–Kier alpha value is -3.59. The topological polar surface area (TPSA) is 134 Å². The van der Waals surface area contributed by atoms with E-state index in [1.165, 1.54) is 19.2 Å². The highest BCUT2D eigenvalue weighted by molar-refractivity contribution is 7.12. The number of carbonyl (C=O) groups excluding carboxylic acids is 1. The van der Waals surface area contributed by atoms with Crippen molar-refractivity contribution in [2.24, 2.45) is 10.8 Å². The van der Waals surface area contributed by atoms with Gasteiger partial charge in [0.2, 0.25) is 5.71 Å². The third-order valence-electron chi connectivity index (χ3n) is 3.18. The van der Waals surface area contributed by atoms with Crippen LogP contribution in [0.4, 0.5) is 18.9 Å². The van der Waals surface area contributed by atoms with Crippen LogP contribution in [0.25, 0.3) is 0 Å². The second kappa shape index (κ2) is 8.40. The summed E-state index contributed by atoms with van der Waals surface area (Å²) in [7, 11) is 1.18. The lowest BCUT2D eigenvalue weighted by Crippen LogP contribution is -2.22. The molecule has 12 heteroatoms. The van der Waals surface area contributed by atoms with Gasteiger partial charge in [0.25, 0.3) is 0 Å². The van der Waals surface area contributed by atoms with E-state index in [9.17, 15) is 18.0 Å². The van der Waals surface area contributed by atoms with Gasteiger partial charge in [-0.1, -0.05) is 0 Å². The fourth-order valence-electron chi connectivity index (χ4n) is 1.88. The summed E-state index contributed by atoms with van der Waals surface area (Å²) in [5, 5.41) is 21.1. The van der Waals surface area contributed by atoms with Crippen LogP contribution < -0.4 is 15.9 Å². The number of nitrogens with one attached hydrogen (secondary N) is 2. The smallest absolute Gasteiger partial charge is 0.416 e. The molecule has 1 aromatic carbocycles. The molecule has 0 amide bonds. The molecule has 0 unspecified atom stereocenters. The van der Waals surface area contributed by atoms with E-state index >= 15 is 0 Å². The van der Waals surface area contributed by atoms with Crippen molar-refractivity contribution in [2.75, 3.05) is 12.5 Å². The Morgan fingerprint density at radius 3 is 2.64 bits per heavy atom. The minimum atomic E-state index is -4.64. The highest BCUT2D eigenvalue weighted by atomic mass is 32.1. The highest BCUT2D eigenvalue weighted by Gasteiger charge is 2.31. The predicted molar refractivity (Wildman–Crippen MR) is 95.8 cm³/mol. The number of hydrogen-bond acceptors (Lipinski definition) is 8. The molecule has 0 aliphatic rings. The summed E-state index contributed by atoms with van der Waals surface area (Å²) in [5.74, 6) is -1.39. The Bertz CT molecular complexity index is 979. The average molecular weight is 411 g/mol. The van der Waals surface area contributed by atoms with Crippen molar-refractivity contribution in [3.05, 3.63) is 40.1 Å². The molecule has 0 spiro atoms. The van der Waals surface area contributed by atoms with Crippen LogP contribution in [0.15, 0.2) is 34.7 Å². The first kappa shape index (κ1) is 20.7. The maximum atomic E-state index is 13.0. The van der Waals surface area contributed by atoms with E-state index in [2.05, 4.69) is 15.3 Å². The lowest BCUT2D eigenvalue weighted by Gasteiger charge is -2.14. The molecule has 0 saturated carbocycles. The molecule has 0 radical (unpaired) electrons. The molecule has 1 aromatic heterocycles. The van der Waals surface area contributed by atoms with E-state index in [4.69, 9.17) is 21.1 Å². The summed E-state index contributed by atoms with van der Waals surface area (Å²) in [6, 6.07) is 5.49. The van der Waals surface area contributed by atoms with Crippen molar-refractivity contribution in [3.8, 4) is 17.6 Å². The maximum absolute atomic E-state index is 13.0. The van der Waals surface area contributed by atoms with E-state index < -0.39 is 29.3 Å². The van der Waals surface area contributed by atoms with Crippen LogP contribution in [0.5, 0.6) is 11.5 Å². The summed E-state index contributed by atoms with van der Waals surface area (Å²) in [5.41, 5.74) is 5.60. The fraction of sp³-hybridized carbons (Fsp3) is 0.125. The van der Waals surface area contributed by atoms with Crippen LogP contribution in [0.2, 0.25) is 0 Å². The number of hydrogen-bond donors (Lipinski definition) is 3. The second-order valence-electron chi connectivity index (χ2n) is 5.01. The molecule has 0 aliphatic heterocycles. The number of benzene rings is 1. The predicted octanol–water partition coefficient (Wildman–Crippen LogP) is 3.57. The SMILES string of the molecule is COC(=O)c1sccc1Oc1ccc(C(F)(F)F)cc1N/N=C(\C#N)C(=N)N. The first-order chi connectivity index (χ1) is 13.2. The third-order valence-corrected chi connectivity index (χ3v) is 4.05. The van der Waals surface area contributed by atoms with E-state index in [1.807, 2.05) is 0 Å². The van der Waals surface area contributed by atoms with Gasteiger partial charge in [0.05, 0.1) is 18.4 Å². The first-order valence-corrected chi connectivity index (χ1v) is 8.18. The number of halogens is 3. The van der Waals surface area contributed by atoms with Gasteiger partial charge >= 0.3 is 12.1 Å². The zero-order chi connectivity index (χ0) is 20.9. The van der Waals surface area contributed by atoms with Crippen LogP contribution in [0.1, 0.15) is 15.2 Å². The molecular formula is C16H12F3N5O3S. The van der Waals surface area contributed by atoms with Crippen molar-refractivity contribution < 1.29 is 27.4 Å². The van der Waals surface area contributed by atoms with Gasteiger partial charge < -0.3 is 15.2 Å². The lowest BCUT2D eigenvalue weighted by atomic mass is 10.2. The molecule has 8 nitrogen and oxygen atoms in total. The first-order valence-electron chi connectivity index (χ1n) is 7.30. The number of nitrogens with two attached hydrogens (primary N) is 1. The van der Waals surface area contributed by atoms with Crippen molar-refractivity contribution in [3.63, 3.8) is 0 Å². The summed E-state index contributed by atoms with van der Waals surface area (Å²) in [6.07, 6.45) is -4.64. The van der Waals surface area contributed by atoms with Crippen molar-refractivity contribution in [1.82, 2.24) is 0 Å². The molecule has 0 aliphatic carbocycles. The van der Waals surface area contributed by atoms with Gasteiger partial charge in [-0.2, -0.15) is 23.5 Å². The zero-order valence-electron chi connectivity index (χ0n) is 14.1. The van der Waals surface area contributed by atoms with Crippen LogP contribution >= 0.6 is 11.3 Å². The number of methoxy groups -OCH3 is 1. The molecule has 4 N–H and O–H groups in total. The van der Waals surface area contributed by atoms with Crippen molar-refractivity contribution in [2.45, 2.75) is 6.18 Å². The molecule has 0 saturated heterocycles. The number of amidine groups is 1. The molecule has 0 atom stereocenters. The standard InChI is InChI=1S/C16H12F3N5O3S/c1-26-15(25)13-12(4-5-28-13)27-11-3-2-8(16(17,18)19)6-9(11)23-24-10(7-20)14(21)22/h2-6,23H,1H3,(H3,21,22)/b24-10+. The molecule has 0 fully saturated rings. The number of alkyl halides is 3. The normalized spacial score (nSPS) is 11.5. The minimum absolute atomic E-state index is 0.0655. The zero-order valence-corrected chi connectivity index (χ0v) is 14.9.